The summed E-state index contributed by atoms with van der Waals surface area (Å²) in [6.45, 7) is -0.776. The van der Waals surface area contributed by atoms with E-state index in [0.717, 1.165) is 4.57 Å². The summed E-state index contributed by atoms with van der Waals surface area (Å²) in [4.78, 5) is 42.3. The fourth-order valence-corrected chi connectivity index (χ4v) is 2.73. The number of aliphatic hydroxyl groups is 2. The molecule has 0 radical (unpaired) electrons. The highest BCUT2D eigenvalue weighted by Gasteiger charge is 2.44. The number of H-pyrrole nitrogens is 1. The lowest BCUT2D eigenvalue weighted by Gasteiger charge is -2.30. The molecule has 1 fully saturated rings. The number of nitrogens with one attached hydrogen (secondary N) is 1. The van der Waals surface area contributed by atoms with Crippen LogP contribution in [0.1, 0.15) is 6.23 Å². The van der Waals surface area contributed by atoms with Gasteiger partial charge in [-0.3, -0.25) is 9.55 Å². The molecule has 3 heterocycles. The van der Waals surface area contributed by atoms with E-state index in [9.17, 15) is 29.4 Å². The lowest BCUT2D eigenvalue weighted by molar-refractivity contribution is -0.343. The van der Waals surface area contributed by atoms with Crippen molar-refractivity contribution in [1.29, 1.82) is 0 Å². The molecule has 1 saturated heterocycles. The minimum atomic E-state index is -5.26. The van der Waals surface area contributed by atoms with Crippen LogP contribution in [-0.2, 0) is 13.8 Å². The SMILES string of the molecule is Nc1[nH]c(=O)nc2c1ncn2[C@@H]1O[C@H](COP(=O)([O-])[O-])[C@@H](O)[C@H]1O. The molecule has 24 heavy (non-hydrogen) atoms. The van der Waals surface area contributed by atoms with Crippen molar-refractivity contribution in [3.8, 4) is 0 Å². The van der Waals surface area contributed by atoms with Gasteiger partial charge in [-0.25, -0.2) is 9.78 Å². The predicted molar refractivity (Wildman–Crippen MR) is 72.0 cm³/mol. The van der Waals surface area contributed by atoms with E-state index in [0.29, 0.717) is 0 Å². The summed E-state index contributed by atoms with van der Waals surface area (Å²) in [6.07, 6.45) is -4.42. The van der Waals surface area contributed by atoms with Gasteiger partial charge in [-0.05, 0) is 0 Å². The van der Waals surface area contributed by atoms with E-state index < -0.39 is 44.7 Å². The number of aromatic nitrogens is 4. The number of nitrogens with two attached hydrogens (primary N) is 1. The van der Waals surface area contributed by atoms with Crippen LogP contribution in [0.25, 0.3) is 11.2 Å². The number of phosphoric acid groups is 1. The van der Waals surface area contributed by atoms with Crippen molar-refractivity contribution in [1.82, 2.24) is 19.5 Å². The molecule has 13 nitrogen and oxygen atoms in total. The van der Waals surface area contributed by atoms with E-state index in [2.05, 4.69) is 19.5 Å². The minimum Gasteiger partial charge on any atom is -0.790 e. The average Bonchev–Trinajstić information content (AvgIpc) is 3.00. The standard InChI is InChI=1S/C10H14N5O8P/c11-7-4-8(14-10(18)13-7)15(2-12-4)9-6(17)5(16)3(23-9)1-22-24(19,20)21/h2-3,5-6,9,16-17H,1H2,(H2,19,20,21)(H3,11,13,14,18)/p-2/t3-,5-,6-,9-/m1/s1. The maximum atomic E-state index is 11.4. The topological polar surface area (TPSA) is 212 Å². The number of phosphoric ester groups is 1. The quantitative estimate of drug-likeness (QED) is 0.387. The number of aliphatic hydroxyl groups excluding tert-OH is 2. The van der Waals surface area contributed by atoms with Crippen LogP contribution in [-0.4, -0.2) is 54.7 Å². The number of nitrogen functional groups attached to an aromatic ring is 1. The molecule has 0 saturated carbocycles. The fraction of sp³-hybridized carbons (Fsp3) is 0.500. The van der Waals surface area contributed by atoms with Crippen LogP contribution in [0.5, 0.6) is 0 Å². The molecule has 2 aromatic rings. The second-order valence-electron chi connectivity index (χ2n) is 5.07. The Morgan fingerprint density at radius 2 is 2.17 bits per heavy atom. The fourth-order valence-electron chi connectivity index (χ4n) is 2.40. The lowest BCUT2D eigenvalue weighted by Crippen LogP contribution is -2.34. The Kier molecular flexibility index (Phi) is 4.17. The van der Waals surface area contributed by atoms with Gasteiger partial charge in [0.15, 0.2) is 11.9 Å². The summed E-state index contributed by atoms with van der Waals surface area (Å²) in [5, 5.41) is 20.0. The van der Waals surface area contributed by atoms with Crippen LogP contribution in [0.15, 0.2) is 11.1 Å². The maximum Gasteiger partial charge on any atom is 0.348 e. The second-order valence-corrected chi connectivity index (χ2v) is 6.22. The third kappa shape index (κ3) is 3.06. The van der Waals surface area contributed by atoms with Gasteiger partial charge in [0.2, 0.25) is 0 Å². The van der Waals surface area contributed by atoms with Crippen LogP contribution >= 0.6 is 7.82 Å². The molecule has 0 aliphatic carbocycles. The molecular weight excluding hydrogens is 349 g/mol. The Morgan fingerprint density at radius 1 is 1.46 bits per heavy atom. The number of hydrogen-bond acceptors (Lipinski definition) is 11. The highest BCUT2D eigenvalue weighted by Crippen LogP contribution is 2.34. The zero-order valence-electron chi connectivity index (χ0n) is 11.8. The van der Waals surface area contributed by atoms with E-state index in [4.69, 9.17) is 10.5 Å². The smallest absolute Gasteiger partial charge is 0.348 e. The lowest BCUT2D eigenvalue weighted by atomic mass is 10.1. The first-order valence-corrected chi connectivity index (χ1v) is 8.04. The summed E-state index contributed by atoms with van der Waals surface area (Å²) in [5.41, 5.74) is 4.99. The first-order valence-electron chi connectivity index (χ1n) is 6.58. The monoisotopic (exact) mass is 361 g/mol. The number of nitrogens with zero attached hydrogens (tertiary/aromatic N) is 3. The molecule has 4 atom stereocenters. The van der Waals surface area contributed by atoms with Gasteiger partial charge in [0, 0.05) is 0 Å². The first kappa shape index (κ1) is 17.0. The molecule has 0 unspecified atom stereocenters. The molecule has 3 rings (SSSR count). The number of ether oxygens (including phenoxy) is 1. The molecule has 2 aromatic heterocycles. The Bertz CT molecular complexity index is 861. The third-order valence-corrected chi connectivity index (χ3v) is 3.95. The molecule has 0 spiro atoms. The normalized spacial score (nSPS) is 27.8. The number of aromatic amines is 1. The zero-order chi connectivity index (χ0) is 17.6. The summed E-state index contributed by atoms with van der Waals surface area (Å²) >= 11 is 0. The summed E-state index contributed by atoms with van der Waals surface area (Å²) in [7, 11) is -5.26. The van der Waals surface area contributed by atoms with Crippen LogP contribution in [0, 0.1) is 0 Å². The largest absolute Gasteiger partial charge is 0.790 e. The van der Waals surface area contributed by atoms with Crippen LogP contribution in [0.2, 0.25) is 0 Å². The Balaban J connectivity index is 1.90. The van der Waals surface area contributed by atoms with Gasteiger partial charge in [-0.2, -0.15) is 4.98 Å². The van der Waals surface area contributed by atoms with Gasteiger partial charge in [0.25, 0.3) is 0 Å². The molecule has 0 aromatic carbocycles. The first-order chi connectivity index (χ1) is 11.2. The number of imidazole rings is 1. The maximum absolute atomic E-state index is 11.4. The van der Waals surface area contributed by atoms with Crippen molar-refractivity contribution in [2.45, 2.75) is 24.5 Å². The van der Waals surface area contributed by atoms with E-state index in [1.165, 1.54) is 6.33 Å². The number of hydrogen-bond donors (Lipinski definition) is 4. The molecule has 0 amide bonds. The molecule has 1 aliphatic rings. The van der Waals surface area contributed by atoms with E-state index in [-0.39, 0.29) is 17.0 Å². The Morgan fingerprint density at radius 3 is 2.83 bits per heavy atom. The van der Waals surface area contributed by atoms with Gasteiger partial charge in [-0.1, -0.05) is 0 Å². The van der Waals surface area contributed by atoms with Gasteiger partial charge in [0.05, 0.1) is 20.8 Å². The predicted octanol–water partition coefficient (Wildman–Crippen LogP) is -3.83. The number of rotatable bonds is 4. The van der Waals surface area contributed by atoms with Crippen LogP contribution < -0.4 is 21.2 Å². The van der Waals surface area contributed by atoms with Crippen molar-refractivity contribution >= 4 is 24.8 Å². The van der Waals surface area contributed by atoms with Gasteiger partial charge < -0.3 is 39.6 Å². The summed E-state index contributed by atoms with van der Waals surface area (Å²) in [5.74, 6) is -0.0460. The van der Waals surface area contributed by atoms with Crippen molar-refractivity contribution < 1.29 is 33.8 Å². The van der Waals surface area contributed by atoms with Crippen molar-refractivity contribution in [2.24, 2.45) is 0 Å². The van der Waals surface area contributed by atoms with E-state index in [1.54, 1.807) is 0 Å². The molecular formula is C10H12N5O8P-2. The van der Waals surface area contributed by atoms with Crippen molar-refractivity contribution in [2.75, 3.05) is 12.3 Å². The van der Waals surface area contributed by atoms with E-state index in [1.807, 2.05) is 0 Å². The van der Waals surface area contributed by atoms with Crippen molar-refractivity contribution in [3.63, 3.8) is 0 Å². The molecule has 132 valence electrons. The Hall–Kier alpha value is -1.86. The van der Waals surface area contributed by atoms with E-state index >= 15 is 0 Å². The van der Waals surface area contributed by atoms with Crippen LogP contribution in [0.4, 0.5) is 5.82 Å². The average molecular weight is 361 g/mol. The van der Waals surface area contributed by atoms with Gasteiger partial charge in [-0.15, -0.1) is 0 Å². The highest BCUT2D eigenvalue weighted by molar-refractivity contribution is 7.43. The third-order valence-electron chi connectivity index (χ3n) is 3.48. The number of fused-ring (bicyclic) bond motifs is 1. The van der Waals surface area contributed by atoms with Gasteiger partial charge in [0.1, 0.15) is 29.6 Å². The summed E-state index contributed by atoms with van der Waals surface area (Å²) < 4.78 is 21.0. The molecule has 0 bridgehead atoms. The molecule has 5 N–H and O–H groups in total. The Labute approximate surface area is 132 Å². The highest BCUT2D eigenvalue weighted by atomic mass is 31.2. The number of anilines is 1. The second kappa shape index (κ2) is 5.89. The van der Waals surface area contributed by atoms with Crippen LogP contribution in [0.3, 0.4) is 0 Å². The summed E-state index contributed by atoms with van der Waals surface area (Å²) in [6, 6.07) is 0. The van der Waals surface area contributed by atoms with Gasteiger partial charge >= 0.3 is 5.69 Å². The molecule has 1 aliphatic heterocycles. The zero-order valence-corrected chi connectivity index (χ0v) is 12.7. The van der Waals surface area contributed by atoms with Crippen molar-refractivity contribution in [3.05, 3.63) is 16.8 Å². The molecule has 14 heteroatoms. The minimum absolute atomic E-state index is 0.00705.